The summed E-state index contributed by atoms with van der Waals surface area (Å²) in [5.41, 5.74) is 9.14. The highest BCUT2D eigenvalue weighted by Crippen LogP contribution is 2.28. The fraction of sp³-hybridized carbons (Fsp3) is 0.158. The molecule has 0 amide bonds. The van der Waals surface area contributed by atoms with Crippen LogP contribution < -0.4 is 11.3 Å². The van der Waals surface area contributed by atoms with Gasteiger partial charge in [-0.2, -0.15) is 0 Å². The van der Waals surface area contributed by atoms with Crippen LogP contribution in [0.15, 0.2) is 47.3 Å². The van der Waals surface area contributed by atoms with Crippen molar-refractivity contribution in [3.8, 4) is 0 Å². The average Bonchev–Trinajstić information content (AvgIpc) is 2.56. The Balaban J connectivity index is 1.94. The smallest absolute Gasteiger partial charge is 0.261 e. The number of aromatic nitrogens is 2. The monoisotopic (exact) mass is 337 g/mol. The summed E-state index contributed by atoms with van der Waals surface area (Å²) in [7, 11) is 0. The topological polar surface area (TPSA) is 60.9 Å². The summed E-state index contributed by atoms with van der Waals surface area (Å²) >= 11 is 6.07. The van der Waals surface area contributed by atoms with Crippen molar-refractivity contribution in [1.82, 2.24) is 9.55 Å². The van der Waals surface area contributed by atoms with Crippen LogP contribution in [0.1, 0.15) is 24.2 Å². The van der Waals surface area contributed by atoms with Crippen LogP contribution in [-0.4, -0.2) is 9.55 Å². The molecular formula is C19H16ClN3O. The van der Waals surface area contributed by atoms with Gasteiger partial charge in [0.05, 0.1) is 10.9 Å². The molecule has 5 heteroatoms. The van der Waals surface area contributed by atoms with Gasteiger partial charge in [-0.3, -0.25) is 9.36 Å². The van der Waals surface area contributed by atoms with Gasteiger partial charge in [-0.15, -0.1) is 0 Å². The first-order valence-electron chi connectivity index (χ1n) is 7.88. The van der Waals surface area contributed by atoms with Crippen molar-refractivity contribution in [2.45, 2.75) is 19.4 Å². The van der Waals surface area contributed by atoms with Crippen LogP contribution in [0.2, 0.25) is 5.02 Å². The molecule has 0 radical (unpaired) electrons. The first kappa shape index (κ1) is 15.0. The van der Waals surface area contributed by atoms with Crippen LogP contribution in [0.3, 0.4) is 0 Å². The summed E-state index contributed by atoms with van der Waals surface area (Å²) in [6.45, 7) is 0.689. The van der Waals surface area contributed by atoms with Crippen LogP contribution in [-0.2, 0) is 6.54 Å². The van der Waals surface area contributed by atoms with Crippen molar-refractivity contribution in [1.29, 1.82) is 0 Å². The molecule has 1 aromatic heterocycles. The standard InChI is InChI=1S/C19H16ClN3O/c20-14-5-1-3-12(10-14)9-13-4-2-8-23-18(13)22-17-11-15(21)6-7-16(17)19(23)24/h1,3,5-7,9-11H,2,4,8,21H2. The molecule has 2 aromatic carbocycles. The molecule has 0 saturated heterocycles. The molecule has 1 aliphatic rings. The largest absolute Gasteiger partial charge is 0.399 e. The zero-order chi connectivity index (χ0) is 16.7. The molecule has 0 atom stereocenters. The number of benzene rings is 2. The minimum atomic E-state index is -0.00769. The lowest BCUT2D eigenvalue weighted by molar-refractivity contribution is 0.587. The molecule has 3 aromatic rings. The van der Waals surface area contributed by atoms with E-state index >= 15 is 0 Å². The van der Waals surface area contributed by atoms with Crippen LogP contribution in [0.5, 0.6) is 0 Å². The van der Waals surface area contributed by atoms with Gasteiger partial charge in [0, 0.05) is 17.3 Å². The highest BCUT2D eigenvalue weighted by Gasteiger charge is 2.19. The molecule has 0 bridgehead atoms. The van der Waals surface area contributed by atoms with E-state index in [2.05, 4.69) is 6.08 Å². The van der Waals surface area contributed by atoms with E-state index in [1.807, 2.05) is 24.3 Å². The number of hydrogen-bond donors (Lipinski definition) is 1. The van der Waals surface area contributed by atoms with Crippen molar-refractivity contribution in [3.63, 3.8) is 0 Å². The minimum absolute atomic E-state index is 0.00769. The van der Waals surface area contributed by atoms with Crippen LogP contribution in [0.25, 0.3) is 22.6 Å². The van der Waals surface area contributed by atoms with Gasteiger partial charge in [0.15, 0.2) is 0 Å². The highest BCUT2D eigenvalue weighted by molar-refractivity contribution is 6.30. The maximum absolute atomic E-state index is 12.8. The molecule has 0 unspecified atom stereocenters. The average molecular weight is 338 g/mol. The van der Waals surface area contributed by atoms with Crippen molar-refractivity contribution < 1.29 is 0 Å². The van der Waals surface area contributed by atoms with Crippen LogP contribution in [0, 0.1) is 0 Å². The van der Waals surface area contributed by atoms with Crippen LogP contribution >= 0.6 is 11.6 Å². The van der Waals surface area contributed by atoms with Crippen molar-refractivity contribution in [2.75, 3.05) is 5.73 Å². The number of hydrogen-bond acceptors (Lipinski definition) is 3. The molecule has 24 heavy (non-hydrogen) atoms. The number of fused-ring (bicyclic) bond motifs is 2. The van der Waals surface area contributed by atoms with Crippen molar-refractivity contribution in [2.24, 2.45) is 0 Å². The second-order valence-corrected chi connectivity index (χ2v) is 6.43. The van der Waals surface area contributed by atoms with E-state index in [0.29, 0.717) is 28.2 Å². The number of halogens is 1. The Morgan fingerprint density at radius 1 is 1.21 bits per heavy atom. The predicted octanol–water partition coefficient (Wildman–Crippen LogP) is 3.97. The lowest BCUT2D eigenvalue weighted by Gasteiger charge is -2.21. The normalized spacial score (nSPS) is 15.6. The first-order chi connectivity index (χ1) is 11.6. The second-order valence-electron chi connectivity index (χ2n) is 6.00. The van der Waals surface area contributed by atoms with Gasteiger partial charge in [0.2, 0.25) is 0 Å². The highest BCUT2D eigenvalue weighted by atomic mass is 35.5. The third kappa shape index (κ3) is 2.59. The molecule has 0 fully saturated rings. The van der Waals surface area contributed by atoms with Gasteiger partial charge in [-0.25, -0.2) is 4.98 Å². The van der Waals surface area contributed by atoms with Gasteiger partial charge in [-0.1, -0.05) is 23.7 Å². The van der Waals surface area contributed by atoms with Gasteiger partial charge in [0.1, 0.15) is 5.82 Å². The van der Waals surface area contributed by atoms with E-state index in [4.69, 9.17) is 22.3 Å². The quantitative estimate of drug-likeness (QED) is 0.683. The Morgan fingerprint density at radius 3 is 2.92 bits per heavy atom. The van der Waals surface area contributed by atoms with E-state index < -0.39 is 0 Å². The summed E-state index contributed by atoms with van der Waals surface area (Å²) in [5.74, 6) is 0.726. The summed E-state index contributed by atoms with van der Waals surface area (Å²) in [5, 5.41) is 1.30. The molecule has 0 saturated carbocycles. The number of anilines is 1. The maximum Gasteiger partial charge on any atom is 0.261 e. The number of nitrogens with zero attached hydrogens (tertiary/aromatic N) is 2. The Hall–Kier alpha value is -2.59. The Kier molecular flexibility index (Phi) is 3.62. The zero-order valence-electron chi connectivity index (χ0n) is 13.0. The number of nitrogens with two attached hydrogens (primary N) is 1. The third-order valence-electron chi connectivity index (χ3n) is 4.28. The van der Waals surface area contributed by atoms with Crippen molar-refractivity contribution in [3.05, 3.63) is 69.2 Å². The van der Waals surface area contributed by atoms with Crippen molar-refractivity contribution >= 4 is 39.8 Å². The van der Waals surface area contributed by atoms with Crippen LogP contribution in [0.4, 0.5) is 5.69 Å². The fourth-order valence-corrected chi connectivity index (χ4v) is 3.36. The molecule has 1 aliphatic heterocycles. The van der Waals surface area contributed by atoms with E-state index in [0.717, 1.165) is 29.8 Å². The summed E-state index contributed by atoms with van der Waals surface area (Å²) in [6, 6.07) is 12.9. The molecule has 0 aliphatic carbocycles. The lowest BCUT2D eigenvalue weighted by Crippen LogP contribution is -2.27. The third-order valence-corrected chi connectivity index (χ3v) is 4.52. The van der Waals surface area contributed by atoms with Gasteiger partial charge in [0.25, 0.3) is 5.56 Å². The van der Waals surface area contributed by atoms with Gasteiger partial charge in [-0.05, 0) is 60.4 Å². The molecule has 4 nitrogen and oxygen atoms in total. The SMILES string of the molecule is Nc1ccc2c(=O)n3c(nc2c1)C(=Cc1cccc(Cl)c1)CCC3. The predicted molar refractivity (Wildman–Crippen MR) is 99.0 cm³/mol. The minimum Gasteiger partial charge on any atom is -0.399 e. The second kappa shape index (κ2) is 5.80. The molecular weight excluding hydrogens is 322 g/mol. The Morgan fingerprint density at radius 2 is 2.08 bits per heavy atom. The molecule has 4 rings (SSSR count). The molecule has 120 valence electrons. The zero-order valence-corrected chi connectivity index (χ0v) is 13.8. The van der Waals surface area contributed by atoms with Gasteiger partial charge < -0.3 is 5.73 Å². The van der Waals surface area contributed by atoms with E-state index in [1.165, 1.54) is 0 Å². The molecule has 2 N–H and O–H groups in total. The Labute approximate surface area is 144 Å². The van der Waals surface area contributed by atoms with E-state index in [9.17, 15) is 4.79 Å². The number of allylic oxidation sites excluding steroid dienone is 1. The Bertz CT molecular complexity index is 1040. The number of rotatable bonds is 1. The fourth-order valence-electron chi connectivity index (χ4n) is 3.16. The summed E-state index contributed by atoms with van der Waals surface area (Å²) in [4.78, 5) is 17.5. The van der Waals surface area contributed by atoms with E-state index in [1.54, 1.807) is 22.8 Å². The van der Waals surface area contributed by atoms with Gasteiger partial charge >= 0.3 is 0 Å². The lowest BCUT2D eigenvalue weighted by atomic mass is 10.0. The summed E-state index contributed by atoms with van der Waals surface area (Å²) < 4.78 is 1.76. The number of nitrogen functional groups attached to an aromatic ring is 1. The maximum atomic E-state index is 12.8. The first-order valence-corrected chi connectivity index (χ1v) is 8.26. The summed E-state index contributed by atoms with van der Waals surface area (Å²) in [6.07, 6.45) is 3.86. The van der Waals surface area contributed by atoms with E-state index in [-0.39, 0.29) is 5.56 Å². The molecule has 0 spiro atoms. The molecule has 2 heterocycles.